The van der Waals surface area contributed by atoms with Crippen molar-refractivity contribution in [1.82, 2.24) is 9.55 Å². The lowest BCUT2D eigenvalue weighted by Gasteiger charge is -2.29. The van der Waals surface area contributed by atoms with Crippen LogP contribution in [0.15, 0.2) is 109 Å². The highest BCUT2D eigenvalue weighted by atomic mass is 16.3. The van der Waals surface area contributed by atoms with Crippen LogP contribution in [0.4, 0.5) is 0 Å². The van der Waals surface area contributed by atoms with E-state index in [1.165, 1.54) is 98.6 Å². The molecule has 0 saturated heterocycles. The summed E-state index contributed by atoms with van der Waals surface area (Å²) in [6.07, 6.45) is 0.839. The Hall–Kier alpha value is -5.80. The number of phenols is 1. The fraction of sp³-hybridized carbons (Fsp3) is 0.104. The summed E-state index contributed by atoms with van der Waals surface area (Å²) in [5.74, 6) is 1.50. The third-order valence-corrected chi connectivity index (χ3v) is 13.7. The summed E-state index contributed by atoms with van der Waals surface area (Å²) in [5, 5.41) is 19.2. The molecule has 0 bridgehead atoms. The lowest BCUT2D eigenvalue weighted by molar-refractivity contribution is 0.461. The molecular weight excluding hydrogens is 685 g/mol. The normalized spacial score (nSPS) is 13.2. The summed E-state index contributed by atoms with van der Waals surface area (Å²) in [4.78, 5) is 5.04. The number of fused-ring (bicyclic) bond motifs is 7. The molecule has 0 amide bonds. The van der Waals surface area contributed by atoms with E-state index in [2.05, 4.69) is 182 Å². The first kappa shape index (κ1) is 35.6. The van der Waals surface area contributed by atoms with Gasteiger partial charge in [0.1, 0.15) is 58.7 Å². The summed E-state index contributed by atoms with van der Waals surface area (Å²) in [5.41, 5.74) is 20.2. The predicted octanol–water partition coefficient (Wildman–Crippen LogP) is 1.94. The van der Waals surface area contributed by atoms with E-state index in [0.717, 1.165) is 40.0 Å². The Bertz CT molecular complexity index is 3180. The van der Waals surface area contributed by atoms with Crippen molar-refractivity contribution in [2.45, 2.75) is 32.6 Å². The molecule has 9 aromatic rings. The average molecular weight is 728 g/mol. The van der Waals surface area contributed by atoms with Gasteiger partial charge in [0.25, 0.3) is 0 Å². The maximum atomic E-state index is 11.8. The van der Waals surface area contributed by atoms with Crippen molar-refractivity contribution in [3.63, 3.8) is 0 Å². The first-order chi connectivity index (χ1) is 27.5. The Morgan fingerprint density at radius 2 is 1.02 bits per heavy atom. The number of aromatic hydroxyl groups is 1. The maximum absolute atomic E-state index is 11.8. The summed E-state index contributed by atoms with van der Waals surface area (Å²) >= 11 is 0. The lowest BCUT2D eigenvalue weighted by atomic mass is 9.63. The Kier molecular flexibility index (Phi) is 7.87. The van der Waals surface area contributed by atoms with Gasteiger partial charge in [0, 0.05) is 22.8 Å². The van der Waals surface area contributed by atoms with Crippen LogP contribution in [-0.2, 0) is 11.8 Å². The Labute approximate surface area is 340 Å². The van der Waals surface area contributed by atoms with Gasteiger partial charge in [0.2, 0.25) is 0 Å². The molecule has 1 heterocycles. The highest BCUT2D eigenvalue weighted by Crippen LogP contribution is 2.51. The van der Waals surface area contributed by atoms with Crippen LogP contribution in [0.5, 0.6) is 5.75 Å². The molecule has 8 aromatic carbocycles. The Balaban J connectivity index is 1.29. The number of benzene rings is 8. The molecule has 57 heavy (non-hydrogen) atoms. The average Bonchev–Trinajstić information content (AvgIpc) is 3.72. The predicted molar refractivity (Wildman–Crippen MR) is 262 cm³/mol. The van der Waals surface area contributed by atoms with E-state index >= 15 is 0 Å². The minimum Gasteiger partial charge on any atom is -0.508 e. The molecule has 9 heteroatoms. The zero-order chi connectivity index (χ0) is 39.7. The van der Waals surface area contributed by atoms with E-state index in [0.29, 0.717) is 5.75 Å². The van der Waals surface area contributed by atoms with E-state index in [1.807, 2.05) is 0 Å². The monoisotopic (exact) mass is 728 g/mol. The molecule has 0 atom stereocenters. The van der Waals surface area contributed by atoms with E-state index < -0.39 is 0 Å². The van der Waals surface area contributed by atoms with Crippen LogP contribution in [0.1, 0.15) is 37.7 Å². The van der Waals surface area contributed by atoms with Crippen LogP contribution in [0.3, 0.4) is 0 Å². The fourth-order valence-electron chi connectivity index (χ4n) is 10.8. The first-order valence-corrected chi connectivity index (χ1v) is 20.4. The van der Waals surface area contributed by atoms with E-state index in [4.69, 9.17) is 4.98 Å². The highest BCUT2D eigenvalue weighted by molar-refractivity contribution is 6.62. The number of para-hydroxylation sites is 2. The van der Waals surface area contributed by atoms with Gasteiger partial charge in [-0.1, -0.05) is 145 Å². The van der Waals surface area contributed by atoms with Crippen LogP contribution in [0.25, 0.3) is 82.4 Å². The molecule has 0 fully saturated rings. The van der Waals surface area contributed by atoms with Crippen LogP contribution in [-0.4, -0.2) is 61.7 Å². The number of nitrogens with zero attached hydrogens (tertiary/aromatic N) is 2. The van der Waals surface area contributed by atoms with Gasteiger partial charge in [-0.3, -0.25) is 4.57 Å². The summed E-state index contributed by atoms with van der Waals surface area (Å²) in [6.45, 7) is 6.80. The molecule has 0 saturated carbocycles. The van der Waals surface area contributed by atoms with Crippen LogP contribution < -0.4 is 32.8 Å². The highest BCUT2D eigenvalue weighted by Gasteiger charge is 2.43. The molecular formula is C48H42B6N2O. The maximum Gasteiger partial charge on any atom is 0.143 e. The lowest BCUT2D eigenvalue weighted by Crippen LogP contribution is -2.42. The van der Waals surface area contributed by atoms with Crippen molar-refractivity contribution in [3.05, 3.63) is 126 Å². The molecule has 1 aliphatic carbocycles. The van der Waals surface area contributed by atoms with E-state index in [-0.39, 0.29) is 5.41 Å². The molecule has 1 aromatic heterocycles. The van der Waals surface area contributed by atoms with Gasteiger partial charge in [0.15, 0.2) is 0 Å². The topological polar surface area (TPSA) is 38.0 Å². The second-order valence-corrected chi connectivity index (χ2v) is 16.8. The SMILES string of the molecule is Bc1c(B)c(O)c2c(c1B)-c1c(B)c(B)c(-c3c4ccccc4c(-c4ccc(-n5c(CC)nc6ccccc65)c5ccccc45)c4ccccc34)c(B)c1C2(C)C. The Morgan fingerprint density at radius 3 is 1.65 bits per heavy atom. The van der Waals surface area contributed by atoms with Gasteiger partial charge >= 0.3 is 0 Å². The third-order valence-electron chi connectivity index (χ3n) is 13.7. The van der Waals surface area contributed by atoms with Crippen molar-refractivity contribution >= 4 is 123 Å². The molecule has 3 nitrogen and oxygen atoms in total. The van der Waals surface area contributed by atoms with E-state index in [1.54, 1.807) is 0 Å². The van der Waals surface area contributed by atoms with Crippen molar-refractivity contribution in [2.75, 3.05) is 0 Å². The van der Waals surface area contributed by atoms with Gasteiger partial charge in [-0.2, -0.15) is 0 Å². The molecule has 0 unspecified atom stereocenters. The van der Waals surface area contributed by atoms with E-state index in [9.17, 15) is 5.11 Å². The van der Waals surface area contributed by atoms with Gasteiger partial charge in [0.05, 0.1) is 16.7 Å². The summed E-state index contributed by atoms with van der Waals surface area (Å²) in [7, 11) is 13.4. The zero-order valence-corrected chi connectivity index (χ0v) is 34.4. The van der Waals surface area contributed by atoms with Crippen molar-refractivity contribution < 1.29 is 5.11 Å². The first-order valence-electron chi connectivity index (χ1n) is 20.4. The largest absolute Gasteiger partial charge is 0.508 e. The standard InChI is InChI=1S/C48H42B6N2O/c1-4-33-55-30-19-11-12-20-32(30)56(33)31-22-21-29(23-13-5-6-14-24(23)31)34-25-15-7-9-17-27(25)35(28-18-10-8-16-26(28)34)38-41(49)39-36(42(50)44(38)52)37-40(48(39,2)3)47(57)46(54)45(53)43(37)51/h5-22,57H,4,49-54H2,1-3H3. The zero-order valence-electron chi connectivity index (χ0n) is 34.4. The number of aryl methyl sites for hydroxylation is 1. The van der Waals surface area contributed by atoms with Crippen molar-refractivity contribution in [1.29, 1.82) is 0 Å². The number of rotatable bonds is 4. The summed E-state index contributed by atoms with van der Waals surface area (Å²) in [6, 6.07) is 40.1. The van der Waals surface area contributed by atoms with Gasteiger partial charge in [-0.15, -0.1) is 0 Å². The third kappa shape index (κ3) is 4.72. The van der Waals surface area contributed by atoms with Crippen molar-refractivity contribution in [3.8, 4) is 44.8 Å². The Morgan fingerprint density at radius 1 is 0.509 bits per heavy atom. The number of phenolic OH excluding ortho intramolecular Hbond substituents is 1. The van der Waals surface area contributed by atoms with Crippen LogP contribution >= 0.6 is 0 Å². The van der Waals surface area contributed by atoms with Gasteiger partial charge in [-0.05, 0) is 84.1 Å². The minimum absolute atomic E-state index is 0.375. The van der Waals surface area contributed by atoms with Crippen LogP contribution in [0.2, 0.25) is 0 Å². The number of aromatic nitrogens is 2. The molecule has 0 aliphatic heterocycles. The second-order valence-electron chi connectivity index (χ2n) is 16.8. The number of hydrogen-bond donors (Lipinski definition) is 1. The van der Waals surface area contributed by atoms with Crippen molar-refractivity contribution in [2.24, 2.45) is 0 Å². The number of hydrogen-bond acceptors (Lipinski definition) is 2. The number of imidazole rings is 1. The fourth-order valence-corrected chi connectivity index (χ4v) is 10.8. The van der Waals surface area contributed by atoms with Crippen LogP contribution in [0, 0.1) is 0 Å². The molecule has 1 aliphatic rings. The molecule has 10 rings (SSSR count). The quantitative estimate of drug-likeness (QED) is 0.223. The molecule has 0 radical (unpaired) electrons. The smallest absolute Gasteiger partial charge is 0.143 e. The minimum atomic E-state index is -0.375. The van der Waals surface area contributed by atoms with Gasteiger partial charge < -0.3 is 5.11 Å². The molecule has 268 valence electrons. The molecule has 0 spiro atoms. The summed E-state index contributed by atoms with van der Waals surface area (Å²) < 4.78 is 2.35. The van der Waals surface area contributed by atoms with Gasteiger partial charge in [-0.25, -0.2) is 4.98 Å². The second kappa shape index (κ2) is 12.6. The molecule has 1 N–H and O–H groups in total.